The van der Waals surface area contributed by atoms with Gasteiger partial charge in [0.2, 0.25) is 0 Å². The van der Waals surface area contributed by atoms with Crippen molar-refractivity contribution >= 4 is 22.1 Å². The van der Waals surface area contributed by atoms with E-state index in [1.807, 2.05) is 0 Å². The normalized spacial score (nSPS) is 17.0. The number of aryl methyl sites for hydroxylation is 2. The van der Waals surface area contributed by atoms with Gasteiger partial charge in [-0.3, -0.25) is 0 Å². The van der Waals surface area contributed by atoms with E-state index in [0.29, 0.717) is 0 Å². The van der Waals surface area contributed by atoms with Crippen molar-refractivity contribution in [1.29, 1.82) is 0 Å². The molecule has 0 atom stereocenters. The number of para-hydroxylation sites is 4. The molecule has 218 valence electrons. The van der Waals surface area contributed by atoms with Crippen molar-refractivity contribution in [2.75, 3.05) is 39.3 Å². The highest BCUT2D eigenvalue weighted by Gasteiger charge is 2.19. The minimum atomic E-state index is 0.911. The molecule has 0 radical (unpaired) electrons. The standard InChI is InChI=1S/C35H43N7/c1-7-20-39(21-8-1)24-12-26-41-32-18-5-3-14-28(32)37-34(41)30-16-11-17-31(36-30)35-38-29-15-4-6-19-33(29)42(35)27-13-25-40-22-9-2-10-23-40/h3-6,11,14-19H,1-2,7-10,12-13,20-27H2. The van der Waals surface area contributed by atoms with Gasteiger partial charge in [0.25, 0.3) is 0 Å². The molecular weight excluding hydrogens is 518 g/mol. The maximum atomic E-state index is 5.23. The van der Waals surface area contributed by atoms with Gasteiger partial charge >= 0.3 is 0 Å². The second kappa shape index (κ2) is 12.8. The van der Waals surface area contributed by atoms with Crippen LogP contribution in [0.2, 0.25) is 0 Å². The summed E-state index contributed by atoms with van der Waals surface area (Å²) in [6.45, 7) is 9.10. The number of likely N-dealkylation sites (tertiary alicyclic amines) is 2. The third-order valence-corrected chi connectivity index (χ3v) is 9.13. The van der Waals surface area contributed by atoms with Gasteiger partial charge in [0.1, 0.15) is 11.4 Å². The molecule has 42 heavy (non-hydrogen) atoms. The Hall–Kier alpha value is -3.55. The molecule has 0 aliphatic carbocycles. The summed E-state index contributed by atoms with van der Waals surface area (Å²) in [6.07, 6.45) is 10.3. The van der Waals surface area contributed by atoms with Crippen molar-refractivity contribution in [3.8, 4) is 23.0 Å². The van der Waals surface area contributed by atoms with Gasteiger partial charge in [-0.05, 0) is 114 Å². The van der Waals surface area contributed by atoms with E-state index in [1.165, 1.54) is 75.7 Å². The zero-order valence-corrected chi connectivity index (χ0v) is 24.8. The summed E-state index contributed by atoms with van der Waals surface area (Å²) >= 11 is 0. The lowest BCUT2D eigenvalue weighted by molar-refractivity contribution is 0.223. The van der Waals surface area contributed by atoms with Crippen LogP contribution in [0, 0.1) is 0 Å². The van der Waals surface area contributed by atoms with Crippen LogP contribution in [0.15, 0.2) is 66.7 Å². The number of fused-ring (bicyclic) bond motifs is 2. The highest BCUT2D eigenvalue weighted by molar-refractivity contribution is 5.82. The van der Waals surface area contributed by atoms with E-state index in [2.05, 4.69) is 85.7 Å². The molecule has 7 rings (SSSR count). The SMILES string of the molecule is c1cc(-c2nc3ccccc3n2CCCN2CCCCC2)nc(-c2nc3ccccc3n2CCCN2CCCCC2)c1. The van der Waals surface area contributed by atoms with Gasteiger partial charge < -0.3 is 18.9 Å². The molecule has 0 spiro atoms. The third-order valence-electron chi connectivity index (χ3n) is 9.13. The van der Waals surface area contributed by atoms with Gasteiger partial charge in [0, 0.05) is 13.1 Å². The van der Waals surface area contributed by atoms with E-state index in [0.717, 1.165) is 73.1 Å². The van der Waals surface area contributed by atoms with Crippen LogP contribution in [0.1, 0.15) is 51.4 Å². The maximum absolute atomic E-state index is 5.23. The number of imidazole rings is 2. The van der Waals surface area contributed by atoms with Crippen LogP contribution in [-0.2, 0) is 13.1 Å². The Balaban J connectivity index is 1.18. The van der Waals surface area contributed by atoms with Crippen LogP contribution in [0.5, 0.6) is 0 Å². The molecule has 0 unspecified atom stereocenters. The van der Waals surface area contributed by atoms with Gasteiger partial charge in [0.05, 0.1) is 22.1 Å². The average Bonchev–Trinajstić information content (AvgIpc) is 3.61. The molecule has 5 aromatic rings. The predicted octanol–water partition coefficient (Wildman–Crippen LogP) is 6.87. The zero-order valence-electron chi connectivity index (χ0n) is 24.8. The number of piperidine rings is 2. The van der Waals surface area contributed by atoms with E-state index in [9.17, 15) is 0 Å². The van der Waals surface area contributed by atoms with Crippen molar-refractivity contribution in [2.45, 2.75) is 64.5 Å². The number of aromatic nitrogens is 5. The fraction of sp³-hybridized carbons (Fsp3) is 0.457. The van der Waals surface area contributed by atoms with Gasteiger partial charge in [-0.25, -0.2) is 15.0 Å². The van der Waals surface area contributed by atoms with Crippen LogP contribution in [0.4, 0.5) is 0 Å². The monoisotopic (exact) mass is 561 g/mol. The van der Waals surface area contributed by atoms with Crippen molar-refractivity contribution in [2.24, 2.45) is 0 Å². The first kappa shape index (κ1) is 27.3. The smallest absolute Gasteiger partial charge is 0.159 e. The molecule has 2 saturated heterocycles. The Morgan fingerprint density at radius 1 is 0.452 bits per heavy atom. The Morgan fingerprint density at radius 3 is 1.38 bits per heavy atom. The molecule has 2 aliphatic heterocycles. The number of pyridine rings is 1. The quantitative estimate of drug-likeness (QED) is 0.186. The van der Waals surface area contributed by atoms with Gasteiger partial charge in [-0.15, -0.1) is 0 Å². The second-order valence-corrected chi connectivity index (χ2v) is 12.1. The van der Waals surface area contributed by atoms with Crippen LogP contribution in [0.3, 0.4) is 0 Å². The highest BCUT2D eigenvalue weighted by Crippen LogP contribution is 2.29. The van der Waals surface area contributed by atoms with E-state index in [-0.39, 0.29) is 0 Å². The van der Waals surface area contributed by atoms with Crippen molar-refractivity contribution in [1.82, 2.24) is 33.9 Å². The number of hydrogen-bond acceptors (Lipinski definition) is 5. The van der Waals surface area contributed by atoms with Crippen LogP contribution in [-0.4, -0.2) is 73.2 Å². The summed E-state index contributed by atoms with van der Waals surface area (Å²) in [6, 6.07) is 23.3. The molecule has 0 amide bonds. The molecule has 3 aromatic heterocycles. The number of benzene rings is 2. The summed E-state index contributed by atoms with van der Waals surface area (Å²) in [5.74, 6) is 1.90. The van der Waals surface area contributed by atoms with Crippen molar-refractivity contribution in [3.63, 3.8) is 0 Å². The second-order valence-electron chi connectivity index (χ2n) is 12.1. The molecular formula is C35H43N7. The van der Waals surface area contributed by atoms with Gasteiger partial charge in [-0.1, -0.05) is 43.2 Å². The summed E-state index contributed by atoms with van der Waals surface area (Å²) in [5, 5.41) is 0. The number of hydrogen-bond donors (Lipinski definition) is 0. The molecule has 7 heteroatoms. The summed E-state index contributed by atoms with van der Waals surface area (Å²) < 4.78 is 4.76. The molecule has 2 fully saturated rings. The lowest BCUT2D eigenvalue weighted by Crippen LogP contribution is -2.31. The van der Waals surface area contributed by atoms with Crippen LogP contribution >= 0.6 is 0 Å². The topological polar surface area (TPSA) is 55.0 Å². The van der Waals surface area contributed by atoms with E-state index in [4.69, 9.17) is 15.0 Å². The predicted molar refractivity (Wildman–Crippen MR) is 172 cm³/mol. The largest absolute Gasteiger partial charge is 0.323 e. The van der Waals surface area contributed by atoms with Gasteiger partial charge in [-0.2, -0.15) is 0 Å². The molecule has 0 N–H and O–H groups in total. The Kier molecular flexibility index (Phi) is 8.29. The molecule has 0 bridgehead atoms. The highest BCUT2D eigenvalue weighted by atomic mass is 15.2. The summed E-state index contributed by atoms with van der Waals surface area (Å²) in [4.78, 5) is 20.7. The van der Waals surface area contributed by atoms with E-state index in [1.54, 1.807) is 0 Å². The first-order valence-electron chi connectivity index (χ1n) is 16.2. The Morgan fingerprint density at radius 2 is 0.905 bits per heavy atom. The minimum Gasteiger partial charge on any atom is -0.323 e. The lowest BCUT2D eigenvalue weighted by Gasteiger charge is -2.26. The number of nitrogens with zero attached hydrogens (tertiary/aromatic N) is 7. The summed E-state index contributed by atoms with van der Waals surface area (Å²) in [7, 11) is 0. The molecule has 5 heterocycles. The molecule has 2 aliphatic rings. The Labute approximate surface area is 249 Å². The average molecular weight is 562 g/mol. The summed E-state index contributed by atoms with van der Waals surface area (Å²) in [5.41, 5.74) is 6.25. The lowest BCUT2D eigenvalue weighted by atomic mass is 10.1. The first-order chi connectivity index (χ1) is 20.8. The molecule has 0 saturated carbocycles. The number of rotatable bonds is 10. The van der Waals surface area contributed by atoms with E-state index < -0.39 is 0 Å². The minimum absolute atomic E-state index is 0.911. The first-order valence-corrected chi connectivity index (χ1v) is 16.2. The van der Waals surface area contributed by atoms with E-state index >= 15 is 0 Å². The molecule has 7 nitrogen and oxygen atoms in total. The maximum Gasteiger partial charge on any atom is 0.159 e. The van der Waals surface area contributed by atoms with Crippen molar-refractivity contribution in [3.05, 3.63) is 66.7 Å². The van der Waals surface area contributed by atoms with Gasteiger partial charge in [0.15, 0.2) is 11.6 Å². The van der Waals surface area contributed by atoms with Crippen LogP contribution in [0.25, 0.3) is 45.1 Å². The van der Waals surface area contributed by atoms with Crippen LogP contribution < -0.4 is 0 Å². The third kappa shape index (κ3) is 5.86. The Bertz CT molecular complexity index is 1500. The molecule has 2 aromatic carbocycles. The zero-order chi connectivity index (χ0) is 28.1. The fourth-order valence-electron chi connectivity index (χ4n) is 6.95. The van der Waals surface area contributed by atoms with Crippen molar-refractivity contribution < 1.29 is 0 Å². The fourth-order valence-corrected chi connectivity index (χ4v) is 6.95.